The number of aromatic nitrogens is 5. The van der Waals surface area contributed by atoms with E-state index in [1.54, 1.807) is 11.6 Å². The summed E-state index contributed by atoms with van der Waals surface area (Å²) in [5.41, 5.74) is 2.36. The van der Waals surface area contributed by atoms with E-state index in [9.17, 15) is 9.90 Å². The van der Waals surface area contributed by atoms with Crippen LogP contribution in [0.2, 0.25) is 0 Å². The lowest BCUT2D eigenvalue weighted by Crippen LogP contribution is -2.24. The van der Waals surface area contributed by atoms with Crippen molar-refractivity contribution in [3.63, 3.8) is 0 Å². The number of nitrogens with one attached hydrogen (secondary N) is 1. The Morgan fingerprint density at radius 1 is 1.12 bits per heavy atom. The predicted molar refractivity (Wildman–Crippen MR) is 121 cm³/mol. The molecule has 0 spiro atoms. The van der Waals surface area contributed by atoms with Gasteiger partial charge in [0.25, 0.3) is 5.56 Å². The Bertz CT molecular complexity index is 1320. The minimum atomic E-state index is -0.677. The number of ether oxygens (including phenoxy) is 2. The average Bonchev–Trinajstić information content (AvgIpc) is 3.44. The fourth-order valence-electron chi connectivity index (χ4n) is 4.16. The van der Waals surface area contributed by atoms with Crippen LogP contribution in [0, 0.1) is 0 Å². The zero-order chi connectivity index (χ0) is 22.8. The summed E-state index contributed by atoms with van der Waals surface area (Å²) >= 11 is 0. The number of rotatable bonds is 8. The van der Waals surface area contributed by atoms with Crippen molar-refractivity contribution in [2.75, 3.05) is 6.79 Å². The van der Waals surface area contributed by atoms with Crippen LogP contribution in [-0.4, -0.2) is 43.0 Å². The number of aliphatic hydroxyl groups is 1. The molecule has 0 bridgehead atoms. The van der Waals surface area contributed by atoms with E-state index in [-0.39, 0.29) is 23.9 Å². The molecule has 9 heteroatoms. The van der Waals surface area contributed by atoms with E-state index in [4.69, 9.17) is 9.47 Å². The summed E-state index contributed by atoms with van der Waals surface area (Å²) in [4.78, 5) is 20.1. The van der Waals surface area contributed by atoms with Gasteiger partial charge < -0.3 is 19.6 Å². The molecule has 2 aromatic carbocycles. The Morgan fingerprint density at radius 3 is 2.76 bits per heavy atom. The molecule has 9 nitrogen and oxygen atoms in total. The summed E-state index contributed by atoms with van der Waals surface area (Å²) in [6.07, 6.45) is 2.15. The highest BCUT2D eigenvalue weighted by Gasteiger charge is 2.23. The average molecular weight is 447 g/mol. The number of aryl methyl sites for hydroxylation is 1. The Balaban J connectivity index is 1.40. The summed E-state index contributed by atoms with van der Waals surface area (Å²) in [5.74, 6) is 1.87. The third-order valence-electron chi connectivity index (χ3n) is 5.87. The third-order valence-corrected chi connectivity index (χ3v) is 5.87. The van der Waals surface area contributed by atoms with E-state index in [0.717, 1.165) is 18.4 Å². The smallest absolute Gasteiger partial charge is 0.281 e. The van der Waals surface area contributed by atoms with Gasteiger partial charge in [0, 0.05) is 6.42 Å². The van der Waals surface area contributed by atoms with Crippen LogP contribution in [-0.2, 0) is 12.8 Å². The first kappa shape index (κ1) is 21.1. The van der Waals surface area contributed by atoms with E-state index in [1.165, 1.54) is 5.56 Å². The van der Waals surface area contributed by atoms with Gasteiger partial charge in [-0.25, -0.2) is 9.67 Å². The van der Waals surface area contributed by atoms with Gasteiger partial charge in [-0.3, -0.25) is 4.79 Å². The molecule has 2 atom stereocenters. The number of nitrogens with zero attached hydrogens (tertiary/aromatic N) is 4. The molecule has 0 aliphatic carbocycles. The highest BCUT2D eigenvalue weighted by molar-refractivity contribution is 5.68. The van der Waals surface area contributed by atoms with Gasteiger partial charge in [-0.15, -0.1) is 5.10 Å². The zero-order valence-electron chi connectivity index (χ0n) is 18.3. The van der Waals surface area contributed by atoms with Crippen molar-refractivity contribution in [3.05, 3.63) is 75.8 Å². The van der Waals surface area contributed by atoms with Crippen LogP contribution in [0.1, 0.15) is 42.8 Å². The van der Waals surface area contributed by atoms with Crippen LogP contribution in [0.15, 0.2) is 53.3 Å². The number of aromatic amines is 1. The molecular weight excluding hydrogens is 422 g/mol. The van der Waals surface area contributed by atoms with Crippen LogP contribution >= 0.6 is 0 Å². The lowest BCUT2D eigenvalue weighted by Gasteiger charge is -2.20. The highest BCUT2D eigenvalue weighted by Crippen LogP contribution is 2.33. The van der Waals surface area contributed by atoms with Gasteiger partial charge in [-0.05, 0) is 49.4 Å². The number of fused-ring (bicyclic) bond motifs is 2. The number of benzene rings is 2. The maximum Gasteiger partial charge on any atom is 0.281 e. The van der Waals surface area contributed by atoms with Gasteiger partial charge in [0.05, 0.1) is 12.1 Å². The number of hydrogen-bond acceptors (Lipinski definition) is 7. The first-order chi connectivity index (χ1) is 16.1. The number of H-pyrrole nitrogens is 1. The van der Waals surface area contributed by atoms with Crippen molar-refractivity contribution in [2.24, 2.45) is 0 Å². The van der Waals surface area contributed by atoms with Gasteiger partial charge in [-0.2, -0.15) is 0 Å². The molecule has 2 N–H and O–H groups in total. The molecular formula is C24H25N5O4. The van der Waals surface area contributed by atoms with Crippen molar-refractivity contribution in [3.8, 4) is 11.5 Å². The van der Waals surface area contributed by atoms with Gasteiger partial charge in [-0.1, -0.05) is 41.6 Å². The lowest BCUT2D eigenvalue weighted by atomic mass is 10.0. The first-order valence-electron chi connectivity index (χ1n) is 11.0. The highest BCUT2D eigenvalue weighted by atomic mass is 16.7. The van der Waals surface area contributed by atoms with Crippen molar-refractivity contribution in [1.82, 2.24) is 25.0 Å². The first-order valence-corrected chi connectivity index (χ1v) is 11.0. The molecule has 0 saturated carbocycles. The Kier molecular flexibility index (Phi) is 5.78. The van der Waals surface area contributed by atoms with Gasteiger partial charge >= 0.3 is 0 Å². The molecule has 0 radical (unpaired) electrons. The van der Waals surface area contributed by atoms with Crippen molar-refractivity contribution in [2.45, 2.75) is 44.8 Å². The van der Waals surface area contributed by atoms with Crippen LogP contribution in [0.3, 0.4) is 0 Å². The largest absolute Gasteiger partial charge is 0.454 e. The van der Waals surface area contributed by atoms with Crippen molar-refractivity contribution >= 4 is 11.2 Å². The molecule has 170 valence electrons. The Hall–Kier alpha value is -3.72. The Morgan fingerprint density at radius 2 is 1.94 bits per heavy atom. The molecule has 5 rings (SSSR count). The summed E-state index contributed by atoms with van der Waals surface area (Å²) < 4.78 is 12.4. The van der Waals surface area contributed by atoms with Crippen molar-refractivity contribution < 1.29 is 14.6 Å². The fourth-order valence-corrected chi connectivity index (χ4v) is 4.16. The SMILES string of the molecule is CC(O)C(CCCc1ccccc1)n1nnc2c(=O)[nH]c(Cc3ccc4c(c3)OCO4)nc21. The lowest BCUT2D eigenvalue weighted by molar-refractivity contribution is 0.117. The van der Waals surface area contributed by atoms with Crippen molar-refractivity contribution in [1.29, 1.82) is 0 Å². The molecule has 1 aliphatic heterocycles. The molecule has 4 aromatic rings. The van der Waals surface area contributed by atoms with Gasteiger partial charge in [0.15, 0.2) is 22.7 Å². The van der Waals surface area contributed by atoms with Crippen LogP contribution in [0.25, 0.3) is 11.2 Å². The number of hydrogen-bond donors (Lipinski definition) is 2. The standard InChI is InChI=1S/C24H25N5O4/c1-15(30)18(9-5-8-16-6-3-2-4-7-16)29-23-22(27-28-29)24(31)26-21(25-23)13-17-10-11-19-20(12-17)33-14-32-19/h2-4,6-7,10-12,15,18,30H,5,8-9,13-14H2,1H3,(H,25,26,31). The van der Waals surface area contributed by atoms with Crippen LogP contribution in [0.4, 0.5) is 0 Å². The monoisotopic (exact) mass is 447 g/mol. The van der Waals surface area contributed by atoms with E-state index in [1.807, 2.05) is 36.4 Å². The Labute approximate surface area is 190 Å². The molecule has 2 aromatic heterocycles. The van der Waals surface area contributed by atoms with E-state index in [0.29, 0.717) is 35.8 Å². The second-order valence-corrected chi connectivity index (χ2v) is 8.27. The molecule has 0 amide bonds. The molecule has 0 fully saturated rings. The van der Waals surface area contributed by atoms with Crippen LogP contribution in [0.5, 0.6) is 11.5 Å². The second kappa shape index (κ2) is 9.03. The molecule has 0 saturated heterocycles. The third kappa shape index (κ3) is 4.45. The van der Waals surface area contributed by atoms with E-state index < -0.39 is 6.10 Å². The summed E-state index contributed by atoms with van der Waals surface area (Å²) in [6, 6.07) is 15.5. The molecule has 33 heavy (non-hydrogen) atoms. The van der Waals surface area contributed by atoms with Crippen LogP contribution < -0.4 is 15.0 Å². The topological polar surface area (TPSA) is 115 Å². The minimum absolute atomic E-state index is 0.165. The van der Waals surface area contributed by atoms with Gasteiger partial charge in [0.1, 0.15) is 5.82 Å². The second-order valence-electron chi connectivity index (χ2n) is 8.27. The summed E-state index contributed by atoms with van der Waals surface area (Å²) in [5, 5.41) is 18.7. The quantitative estimate of drug-likeness (QED) is 0.427. The summed E-state index contributed by atoms with van der Waals surface area (Å²) in [6.45, 7) is 1.93. The number of aliphatic hydroxyl groups excluding tert-OH is 1. The molecule has 1 aliphatic rings. The maximum absolute atomic E-state index is 12.7. The van der Waals surface area contributed by atoms with Gasteiger partial charge in [0.2, 0.25) is 6.79 Å². The van der Waals surface area contributed by atoms with E-state index in [2.05, 4.69) is 32.4 Å². The normalized spacial score (nSPS) is 14.5. The summed E-state index contributed by atoms with van der Waals surface area (Å²) in [7, 11) is 0. The molecule has 2 unspecified atom stereocenters. The zero-order valence-corrected chi connectivity index (χ0v) is 18.3. The fraction of sp³-hybridized carbons (Fsp3) is 0.333. The molecule has 3 heterocycles. The predicted octanol–water partition coefficient (Wildman–Crippen LogP) is 2.78. The maximum atomic E-state index is 12.7. The minimum Gasteiger partial charge on any atom is -0.454 e. The van der Waals surface area contributed by atoms with E-state index >= 15 is 0 Å².